The van der Waals surface area contributed by atoms with E-state index in [0.717, 1.165) is 0 Å². The maximum absolute atomic E-state index is 8.63. The van der Waals surface area contributed by atoms with E-state index in [1.54, 1.807) is 24.3 Å². The second-order valence-electron chi connectivity index (χ2n) is 3.68. The Kier molecular flexibility index (Phi) is 5.99. The van der Waals surface area contributed by atoms with Crippen LogP contribution in [0, 0.1) is 0 Å². The summed E-state index contributed by atoms with van der Waals surface area (Å²) in [6, 6.07) is 25.4. The third-order valence-electron chi connectivity index (χ3n) is 2.41. The molecule has 0 bridgehead atoms. The molecule has 0 heterocycles. The van der Waals surface area contributed by atoms with E-state index >= 15 is 0 Å². The first-order valence-electron chi connectivity index (χ1n) is 5.54. The van der Waals surface area contributed by atoms with E-state index in [-0.39, 0.29) is 17.1 Å². The van der Waals surface area contributed by atoms with E-state index in [1.807, 2.05) is 6.07 Å². The molecular formula is C16H16OSe. The van der Waals surface area contributed by atoms with Crippen molar-refractivity contribution in [3.63, 3.8) is 0 Å². The van der Waals surface area contributed by atoms with Gasteiger partial charge >= 0.3 is 17.1 Å². The second-order valence-corrected chi connectivity index (χ2v) is 3.68. The number of phenols is 1. The summed E-state index contributed by atoms with van der Waals surface area (Å²) in [5, 5.41) is 11.3. The Balaban J connectivity index is 0.000000181. The van der Waals surface area contributed by atoms with E-state index in [2.05, 4.69) is 48.5 Å². The molecule has 0 atom stereocenters. The summed E-state index contributed by atoms with van der Waals surface area (Å²) in [4.78, 5) is 0. The van der Waals surface area contributed by atoms with Gasteiger partial charge in [0.15, 0.2) is 0 Å². The summed E-state index contributed by atoms with van der Waals surface area (Å²) in [5.74, 6) is 0.322. The molecule has 3 aromatic carbocycles. The van der Waals surface area contributed by atoms with Crippen LogP contribution in [0.25, 0.3) is 10.8 Å². The molecule has 0 fully saturated rings. The van der Waals surface area contributed by atoms with Gasteiger partial charge in [-0.3, -0.25) is 0 Å². The Morgan fingerprint density at radius 2 is 0.833 bits per heavy atom. The fourth-order valence-electron chi connectivity index (χ4n) is 1.56. The van der Waals surface area contributed by atoms with Gasteiger partial charge in [0.05, 0.1) is 0 Å². The molecule has 92 valence electrons. The van der Waals surface area contributed by atoms with Gasteiger partial charge in [0.2, 0.25) is 0 Å². The molecule has 0 aliphatic heterocycles. The van der Waals surface area contributed by atoms with Gasteiger partial charge in [-0.1, -0.05) is 66.7 Å². The van der Waals surface area contributed by atoms with Gasteiger partial charge in [-0.05, 0) is 22.9 Å². The van der Waals surface area contributed by atoms with Crippen molar-refractivity contribution in [3.8, 4) is 5.75 Å². The molecule has 1 nitrogen and oxygen atoms in total. The number of fused-ring (bicyclic) bond motifs is 1. The number of rotatable bonds is 0. The number of phenolic OH excluding ortho intramolecular Hbond substituents is 1. The zero-order chi connectivity index (χ0) is 11.9. The van der Waals surface area contributed by atoms with E-state index < -0.39 is 0 Å². The first-order valence-corrected chi connectivity index (χ1v) is 5.54. The average Bonchev–Trinajstić information content (AvgIpc) is 2.41. The smallest absolute Gasteiger partial charge is 0.0184 e. The minimum atomic E-state index is 0. The Hall–Kier alpha value is -1.76. The van der Waals surface area contributed by atoms with Gasteiger partial charge in [0.1, 0.15) is 5.75 Å². The fraction of sp³-hybridized carbons (Fsp3) is 0. The summed E-state index contributed by atoms with van der Waals surface area (Å²) >= 11 is 0. The first kappa shape index (κ1) is 14.3. The zero-order valence-corrected chi connectivity index (χ0v) is 12.1. The van der Waals surface area contributed by atoms with Crippen LogP contribution < -0.4 is 0 Å². The molecule has 0 aromatic heterocycles. The Morgan fingerprint density at radius 3 is 1.11 bits per heavy atom. The summed E-state index contributed by atoms with van der Waals surface area (Å²) in [6.45, 7) is 0. The molecule has 18 heavy (non-hydrogen) atoms. The monoisotopic (exact) mass is 304 g/mol. The van der Waals surface area contributed by atoms with Crippen molar-refractivity contribution in [2.75, 3.05) is 0 Å². The number of hydrogen-bond acceptors (Lipinski definition) is 1. The van der Waals surface area contributed by atoms with E-state index in [1.165, 1.54) is 10.8 Å². The van der Waals surface area contributed by atoms with Gasteiger partial charge in [0, 0.05) is 0 Å². The van der Waals surface area contributed by atoms with Crippen LogP contribution in [0.15, 0.2) is 78.9 Å². The Morgan fingerprint density at radius 1 is 0.500 bits per heavy atom. The predicted octanol–water partition coefficient (Wildman–Crippen LogP) is 3.32. The molecule has 1 N–H and O–H groups in total. The van der Waals surface area contributed by atoms with Gasteiger partial charge in [-0.2, -0.15) is 0 Å². The summed E-state index contributed by atoms with van der Waals surface area (Å²) in [6.07, 6.45) is 0. The molecule has 0 aliphatic carbocycles. The van der Waals surface area contributed by atoms with Crippen molar-refractivity contribution in [2.24, 2.45) is 0 Å². The van der Waals surface area contributed by atoms with Crippen molar-refractivity contribution in [2.45, 2.75) is 0 Å². The maximum Gasteiger partial charge on any atom is -0.0184 e. The molecule has 0 aliphatic rings. The van der Waals surface area contributed by atoms with Crippen LogP contribution in [0.2, 0.25) is 0 Å². The quantitative estimate of drug-likeness (QED) is 0.632. The van der Waals surface area contributed by atoms with Crippen LogP contribution in [0.4, 0.5) is 0 Å². The molecule has 0 radical (unpaired) electrons. The maximum atomic E-state index is 8.63. The third-order valence-corrected chi connectivity index (χ3v) is 2.41. The minimum Gasteiger partial charge on any atom is -0.0616 e. The topological polar surface area (TPSA) is 20.2 Å². The summed E-state index contributed by atoms with van der Waals surface area (Å²) in [7, 11) is 0. The molecule has 3 aromatic rings. The number of aromatic hydroxyl groups is 1. The molecule has 0 saturated carbocycles. The van der Waals surface area contributed by atoms with Crippen molar-refractivity contribution >= 4 is 27.8 Å². The molecule has 3 rings (SSSR count). The molecule has 0 spiro atoms. The average molecular weight is 303 g/mol. The molecule has 0 amide bonds. The number of benzene rings is 3. The van der Waals surface area contributed by atoms with Crippen LogP contribution in [-0.2, 0) is 0 Å². The zero-order valence-electron chi connectivity index (χ0n) is 9.95. The van der Waals surface area contributed by atoms with Gasteiger partial charge < -0.3 is 5.11 Å². The van der Waals surface area contributed by atoms with E-state index in [0.29, 0.717) is 5.75 Å². The normalized spacial score (nSPS) is 8.89. The third kappa shape index (κ3) is 4.25. The molecule has 2 heteroatoms. The van der Waals surface area contributed by atoms with Crippen molar-refractivity contribution in [1.29, 1.82) is 0 Å². The van der Waals surface area contributed by atoms with Gasteiger partial charge in [-0.25, -0.2) is 0 Å². The second kappa shape index (κ2) is 7.54. The molecule has 0 unspecified atom stereocenters. The van der Waals surface area contributed by atoms with Gasteiger partial charge in [-0.15, -0.1) is 0 Å². The van der Waals surface area contributed by atoms with Crippen LogP contribution in [0.3, 0.4) is 0 Å². The van der Waals surface area contributed by atoms with Crippen LogP contribution in [0.5, 0.6) is 5.75 Å². The standard InChI is InChI=1S/C10H8.C6H6O.H2Se/c1-2-6-10-8-4-3-7-9(10)5-1;7-6-4-2-1-3-5-6;/h1-8H;1-5,7H;1H2. The summed E-state index contributed by atoms with van der Waals surface area (Å²) < 4.78 is 0. The van der Waals surface area contributed by atoms with E-state index in [9.17, 15) is 0 Å². The van der Waals surface area contributed by atoms with Crippen molar-refractivity contribution in [3.05, 3.63) is 78.9 Å². The number of para-hydroxylation sites is 1. The van der Waals surface area contributed by atoms with Gasteiger partial charge in [0.25, 0.3) is 0 Å². The van der Waals surface area contributed by atoms with Crippen molar-refractivity contribution in [1.82, 2.24) is 0 Å². The van der Waals surface area contributed by atoms with E-state index in [4.69, 9.17) is 5.11 Å². The Bertz CT molecular complexity index is 513. The summed E-state index contributed by atoms with van der Waals surface area (Å²) in [5.41, 5.74) is 0. The van der Waals surface area contributed by atoms with Crippen LogP contribution in [0.1, 0.15) is 0 Å². The Labute approximate surface area is 118 Å². The largest absolute Gasteiger partial charge is 0.0616 e. The minimum absolute atomic E-state index is 0. The van der Waals surface area contributed by atoms with Crippen LogP contribution >= 0.6 is 0 Å². The number of hydrogen-bond donors (Lipinski definition) is 1. The molecular weight excluding hydrogens is 287 g/mol. The fourth-order valence-corrected chi connectivity index (χ4v) is 1.56. The first-order chi connectivity index (χ1) is 8.36. The van der Waals surface area contributed by atoms with Crippen LogP contribution in [-0.4, -0.2) is 22.2 Å². The predicted molar refractivity (Wildman–Crippen MR) is 80.6 cm³/mol. The SMILES string of the molecule is Oc1ccccc1.[SeH2].c1ccc2ccccc2c1. The van der Waals surface area contributed by atoms with Crippen molar-refractivity contribution < 1.29 is 5.11 Å². The molecule has 0 saturated heterocycles.